The Morgan fingerprint density at radius 2 is 2.12 bits per heavy atom. The second-order valence-electron chi connectivity index (χ2n) is 4.81. The highest BCUT2D eigenvalue weighted by molar-refractivity contribution is 5.82. The summed E-state index contributed by atoms with van der Waals surface area (Å²) in [6.07, 6.45) is 4.81. The first-order valence-corrected chi connectivity index (χ1v) is 6.29. The van der Waals surface area contributed by atoms with Crippen molar-refractivity contribution in [2.75, 3.05) is 13.6 Å². The van der Waals surface area contributed by atoms with E-state index in [2.05, 4.69) is 5.32 Å². The molecular formula is C12H22N2O3. The fourth-order valence-electron chi connectivity index (χ4n) is 1.95. The third kappa shape index (κ3) is 4.24. The Morgan fingerprint density at radius 3 is 2.53 bits per heavy atom. The first kappa shape index (κ1) is 13.8. The van der Waals surface area contributed by atoms with Crippen LogP contribution in [0.15, 0.2) is 0 Å². The van der Waals surface area contributed by atoms with E-state index in [9.17, 15) is 9.59 Å². The Hall–Kier alpha value is -1.26. The molecule has 1 fully saturated rings. The zero-order chi connectivity index (χ0) is 12.8. The van der Waals surface area contributed by atoms with Crippen LogP contribution in [0.25, 0.3) is 0 Å². The Morgan fingerprint density at radius 1 is 1.47 bits per heavy atom. The topological polar surface area (TPSA) is 69.6 Å². The van der Waals surface area contributed by atoms with Gasteiger partial charge < -0.3 is 15.3 Å². The highest BCUT2D eigenvalue weighted by Crippen LogP contribution is 2.26. The third-order valence-electron chi connectivity index (χ3n) is 3.28. The number of carbonyl (C=O) groups excluding carboxylic acids is 1. The second-order valence-corrected chi connectivity index (χ2v) is 4.81. The summed E-state index contributed by atoms with van der Waals surface area (Å²) in [7, 11) is 1.72. The van der Waals surface area contributed by atoms with E-state index in [0.717, 1.165) is 13.0 Å². The molecular weight excluding hydrogens is 220 g/mol. The molecule has 1 atom stereocenters. The quantitative estimate of drug-likeness (QED) is 0.744. The smallest absolute Gasteiger partial charge is 0.326 e. The van der Waals surface area contributed by atoms with Crippen LogP contribution in [-0.4, -0.2) is 41.6 Å². The number of hydrogen-bond acceptors (Lipinski definition) is 2. The van der Waals surface area contributed by atoms with Crippen LogP contribution in [0, 0.1) is 5.92 Å². The molecule has 0 bridgehead atoms. The Kier molecular flexibility index (Phi) is 5.25. The molecule has 98 valence electrons. The number of hydrogen-bond donors (Lipinski definition) is 2. The van der Waals surface area contributed by atoms with Crippen molar-refractivity contribution in [3.63, 3.8) is 0 Å². The molecule has 0 aromatic carbocycles. The molecule has 5 nitrogen and oxygen atoms in total. The zero-order valence-corrected chi connectivity index (χ0v) is 10.6. The van der Waals surface area contributed by atoms with Crippen LogP contribution in [-0.2, 0) is 4.79 Å². The van der Waals surface area contributed by atoms with Crippen LogP contribution in [0.4, 0.5) is 4.79 Å². The van der Waals surface area contributed by atoms with Gasteiger partial charge in [0.2, 0.25) is 0 Å². The first-order chi connectivity index (χ1) is 8.04. The van der Waals surface area contributed by atoms with Gasteiger partial charge in [-0.2, -0.15) is 0 Å². The van der Waals surface area contributed by atoms with Gasteiger partial charge in [0.1, 0.15) is 6.04 Å². The second kappa shape index (κ2) is 6.47. The normalized spacial score (nSPS) is 17.1. The highest BCUT2D eigenvalue weighted by Gasteiger charge is 2.24. The molecule has 2 amide bonds. The first-order valence-electron chi connectivity index (χ1n) is 6.29. The lowest BCUT2D eigenvalue weighted by Crippen LogP contribution is -2.48. The molecule has 1 saturated carbocycles. The number of aliphatic carboxylic acids is 1. The average Bonchev–Trinajstić information content (AvgIpc) is 2.22. The lowest BCUT2D eigenvalue weighted by molar-refractivity contribution is -0.139. The van der Waals surface area contributed by atoms with Gasteiger partial charge in [0, 0.05) is 13.6 Å². The number of amides is 2. The molecule has 0 heterocycles. The van der Waals surface area contributed by atoms with E-state index in [1.165, 1.54) is 19.3 Å². The molecule has 0 saturated heterocycles. The summed E-state index contributed by atoms with van der Waals surface area (Å²) < 4.78 is 0. The van der Waals surface area contributed by atoms with Crippen molar-refractivity contribution in [1.82, 2.24) is 10.2 Å². The summed E-state index contributed by atoms with van der Waals surface area (Å²) in [5.74, 6) is -0.363. The third-order valence-corrected chi connectivity index (χ3v) is 3.28. The summed E-state index contributed by atoms with van der Waals surface area (Å²) in [6.45, 7) is 2.63. The Bertz CT molecular complexity index is 277. The fourth-order valence-corrected chi connectivity index (χ4v) is 1.95. The minimum atomic E-state index is -0.961. The van der Waals surface area contributed by atoms with E-state index in [-0.39, 0.29) is 6.03 Å². The predicted molar refractivity (Wildman–Crippen MR) is 64.8 cm³/mol. The van der Waals surface area contributed by atoms with Crippen LogP contribution in [0.1, 0.15) is 39.0 Å². The van der Waals surface area contributed by atoms with Gasteiger partial charge in [-0.15, -0.1) is 0 Å². The van der Waals surface area contributed by atoms with Gasteiger partial charge in [-0.05, 0) is 25.2 Å². The molecule has 1 aliphatic carbocycles. The van der Waals surface area contributed by atoms with E-state index in [4.69, 9.17) is 5.11 Å². The largest absolute Gasteiger partial charge is 0.480 e. The Labute approximate surface area is 102 Å². The highest BCUT2D eigenvalue weighted by atomic mass is 16.4. The maximum atomic E-state index is 11.8. The van der Waals surface area contributed by atoms with Crippen molar-refractivity contribution < 1.29 is 14.7 Å². The molecule has 0 spiro atoms. The van der Waals surface area contributed by atoms with Crippen molar-refractivity contribution in [2.24, 2.45) is 5.92 Å². The number of urea groups is 1. The molecule has 0 aromatic heterocycles. The predicted octanol–water partition coefficient (Wildman–Crippen LogP) is 1.68. The molecule has 0 radical (unpaired) electrons. The van der Waals surface area contributed by atoms with Gasteiger partial charge in [0.15, 0.2) is 0 Å². The van der Waals surface area contributed by atoms with E-state index < -0.39 is 12.0 Å². The van der Waals surface area contributed by atoms with Crippen molar-refractivity contribution in [3.8, 4) is 0 Å². The van der Waals surface area contributed by atoms with Gasteiger partial charge in [-0.1, -0.05) is 19.8 Å². The lowest BCUT2D eigenvalue weighted by Gasteiger charge is -2.30. The number of nitrogens with one attached hydrogen (secondary N) is 1. The van der Waals surface area contributed by atoms with Crippen LogP contribution < -0.4 is 5.32 Å². The van der Waals surface area contributed by atoms with Gasteiger partial charge in [-0.25, -0.2) is 9.59 Å². The van der Waals surface area contributed by atoms with Crippen molar-refractivity contribution >= 4 is 12.0 Å². The molecule has 2 N–H and O–H groups in total. The van der Waals surface area contributed by atoms with Gasteiger partial charge in [0.25, 0.3) is 0 Å². The summed E-state index contributed by atoms with van der Waals surface area (Å²) in [6, 6.07) is -1.05. The monoisotopic (exact) mass is 242 g/mol. The van der Waals surface area contributed by atoms with Crippen LogP contribution in [0.2, 0.25) is 0 Å². The van der Waals surface area contributed by atoms with Crippen molar-refractivity contribution in [3.05, 3.63) is 0 Å². The number of rotatable bonds is 6. The summed E-state index contributed by atoms with van der Waals surface area (Å²) in [5, 5.41) is 11.5. The maximum absolute atomic E-state index is 11.8. The molecule has 1 rings (SSSR count). The number of carboxylic acids is 1. The minimum absolute atomic E-state index is 0.280. The lowest BCUT2D eigenvalue weighted by atomic mass is 9.85. The van der Waals surface area contributed by atoms with E-state index in [1.807, 2.05) is 6.92 Å². The van der Waals surface area contributed by atoms with Crippen LogP contribution in [0.3, 0.4) is 0 Å². The number of nitrogens with zero attached hydrogens (tertiary/aromatic N) is 1. The van der Waals surface area contributed by atoms with Gasteiger partial charge in [-0.3, -0.25) is 0 Å². The standard InChI is InChI=1S/C12H22N2O3/c1-3-5-10(11(15)16)13-12(17)14(2)8-9-6-4-7-9/h9-10H,3-8H2,1-2H3,(H,13,17)(H,15,16). The fraction of sp³-hybridized carbons (Fsp3) is 0.833. The molecule has 1 unspecified atom stereocenters. The molecule has 17 heavy (non-hydrogen) atoms. The van der Waals surface area contributed by atoms with Crippen molar-refractivity contribution in [2.45, 2.75) is 45.1 Å². The molecule has 0 aliphatic heterocycles. The molecule has 1 aliphatic rings. The van der Waals surface area contributed by atoms with Crippen LogP contribution >= 0.6 is 0 Å². The maximum Gasteiger partial charge on any atom is 0.326 e. The Balaban J connectivity index is 2.36. The summed E-state index contributed by atoms with van der Waals surface area (Å²) in [4.78, 5) is 24.3. The summed E-state index contributed by atoms with van der Waals surface area (Å²) in [5.41, 5.74) is 0. The number of carboxylic acid groups (broad SMARTS) is 1. The van der Waals surface area contributed by atoms with E-state index >= 15 is 0 Å². The summed E-state index contributed by atoms with van der Waals surface area (Å²) >= 11 is 0. The SMILES string of the molecule is CCCC(NC(=O)N(C)CC1CCC1)C(=O)O. The van der Waals surface area contributed by atoms with Crippen molar-refractivity contribution in [1.29, 1.82) is 0 Å². The van der Waals surface area contributed by atoms with Gasteiger partial charge >= 0.3 is 12.0 Å². The van der Waals surface area contributed by atoms with E-state index in [0.29, 0.717) is 12.3 Å². The minimum Gasteiger partial charge on any atom is -0.480 e. The zero-order valence-electron chi connectivity index (χ0n) is 10.6. The van der Waals surface area contributed by atoms with E-state index in [1.54, 1.807) is 11.9 Å². The average molecular weight is 242 g/mol. The number of carbonyl (C=O) groups is 2. The molecule has 0 aromatic rings. The molecule has 5 heteroatoms. The van der Waals surface area contributed by atoms with Crippen LogP contribution in [0.5, 0.6) is 0 Å². The van der Waals surface area contributed by atoms with Gasteiger partial charge in [0.05, 0.1) is 0 Å².